The van der Waals surface area contributed by atoms with E-state index in [-0.39, 0.29) is 11.9 Å². The highest BCUT2D eigenvalue weighted by molar-refractivity contribution is 5.93. The van der Waals surface area contributed by atoms with Crippen LogP contribution in [-0.2, 0) is 0 Å². The van der Waals surface area contributed by atoms with E-state index in [1.165, 1.54) is 0 Å². The normalized spacial score (nSPS) is 16.9. The number of rotatable bonds is 3. The standard InChI is InChI=1S/C20H17N5O2/c26-20(15-13-17(27-23-15)14-7-2-1-3-8-14)24-12-6-9-16(24)19-22-21-18-10-4-5-11-25(18)19/h1-5,7-8,10-11,13,16H,6,9,12H2/t16-/m1/s1. The van der Waals surface area contributed by atoms with Crippen LogP contribution in [0.1, 0.15) is 35.2 Å². The van der Waals surface area contributed by atoms with E-state index >= 15 is 0 Å². The van der Waals surface area contributed by atoms with Crippen LogP contribution in [-0.4, -0.2) is 37.1 Å². The van der Waals surface area contributed by atoms with Crippen LogP contribution < -0.4 is 0 Å². The molecule has 1 aliphatic rings. The maximum atomic E-state index is 13.1. The van der Waals surface area contributed by atoms with Crippen LogP contribution in [0.4, 0.5) is 0 Å². The van der Waals surface area contributed by atoms with E-state index in [0.717, 1.165) is 29.9 Å². The second-order valence-electron chi connectivity index (χ2n) is 6.59. The average Bonchev–Trinajstić information content (AvgIpc) is 3.46. The van der Waals surface area contributed by atoms with Crippen molar-refractivity contribution < 1.29 is 9.32 Å². The fraction of sp³-hybridized carbons (Fsp3) is 0.200. The lowest BCUT2D eigenvalue weighted by atomic mass is 10.1. The first-order chi connectivity index (χ1) is 13.3. The van der Waals surface area contributed by atoms with Gasteiger partial charge >= 0.3 is 0 Å². The van der Waals surface area contributed by atoms with Gasteiger partial charge in [0.1, 0.15) is 0 Å². The van der Waals surface area contributed by atoms with Gasteiger partial charge in [-0.05, 0) is 25.0 Å². The number of amides is 1. The van der Waals surface area contributed by atoms with Crippen molar-refractivity contribution in [1.29, 1.82) is 0 Å². The Labute approximate surface area is 155 Å². The fourth-order valence-corrected chi connectivity index (χ4v) is 3.63. The highest BCUT2D eigenvalue weighted by atomic mass is 16.5. The first-order valence-electron chi connectivity index (χ1n) is 8.94. The molecule has 7 heteroatoms. The van der Waals surface area contributed by atoms with Crippen LogP contribution in [0.5, 0.6) is 0 Å². The van der Waals surface area contributed by atoms with Gasteiger partial charge in [0.2, 0.25) is 0 Å². The number of hydrogen-bond acceptors (Lipinski definition) is 5. The van der Waals surface area contributed by atoms with E-state index < -0.39 is 0 Å². The molecule has 0 bridgehead atoms. The van der Waals surface area contributed by atoms with Crippen molar-refractivity contribution >= 4 is 11.6 Å². The zero-order chi connectivity index (χ0) is 18.2. The van der Waals surface area contributed by atoms with Crippen molar-refractivity contribution in [1.82, 2.24) is 24.7 Å². The van der Waals surface area contributed by atoms with E-state index in [1.54, 1.807) is 6.07 Å². The SMILES string of the molecule is O=C(c1cc(-c2ccccc2)on1)N1CCC[C@@H]1c1nnc2ccccn12. The van der Waals surface area contributed by atoms with E-state index in [0.29, 0.717) is 18.0 Å². The zero-order valence-corrected chi connectivity index (χ0v) is 14.5. The van der Waals surface area contributed by atoms with Gasteiger partial charge in [0.25, 0.3) is 5.91 Å². The zero-order valence-electron chi connectivity index (χ0n) is 14.5. The molecule has 5 rings (SSSR count). The first kappa shape index (κ1) is 15.7. The van der Waals surface area contributed by atoms with Crippen molar-refractivity contribution in [2.75, 3.05) is 6.54 Å². The highest BCUT2D eigenvalue weighted by Gasteiger charge is 2.35. The van der Waals surface area contributed by atoms with Gasteiger partial charge in [-0.15, -0.1) is 10.2 Å². The molecule has 1 fully saturated rings. The van der Waals surface area contributed by atoms with E-state index in [2.05, 4.69) is 15.4 Å². The third kappa shape index (κ3) is 2.68. The number of fused-ring (bicyclic) bond motifs is 1. The molecule has 134 valence electrons. The summed E-state index contributed by atoms with van der Waals surface area (Å²) >= 11 is 0. The number of aromatic nitrogens is 4. The second-order valence-corrected chi connectivity index (χ2v) is 6.59. The largest absolute Gasteiger partial charge is 0.355 e. The molecule has 1 aliphatic heterocycles. The lowest BCUT2D eigenvalue weighted by molar-refractivity contribution is 0.0718. The Morgan fingerprint density at radius 2 is 1.93 bits per heavy atom. The van der Waals surface area contributed by atoms with Gasteiger partial charge in [0, 0.05) is 24.4 Å². The number of pyridine rings is 1. The molecule has 1 atom stereocenters. The molecule has 27 heavy (non-hydrogen) atoms. The smallest absolute Gasteiger partial charge is 0.276 e. The summed E-state index contributed by atoms with van der Waals surface area (Å²) in [6.45, 7) is 0.665. The monoisotopic (exact) mass is 359 g/mol. The Morgan fingerprint density at radius 3 is 2.81 bits per heavy atom. The summed E-state index contributed by atoms with van der Waals surface area (Å²) in [4.78, 5) is 14.9. The van der Waals surface area contributed by atoms with Gasteiger partial charge < -0.3 is 9.42 Å². The summed E-state index contributed by atoms with van der Waals surface area (Å²) in [6, 6.07) is 17.0. The maximum absolute atomic E-state index is 13.1. The molecular formula is C20H17N5O2. The molecule has 0 spiro atoms. The summed E-state index contributed by atoms with van der Waals surface area (Å²) in [5.41, 5.74) is 1.99. The molecule has 1 amide bonds. The van der Waals surface area contributed by atoms with Crippen LogP contribution in [0.3, 0.4) is 0 Å². The summed E-state index contributed by atoms with van der Waals surface area (Å²) in [5.74, 6) is 1.22. The molecular weight excluding hydrogens is 342 g/mol. The minimum atomic E-state index is -0.142. The minimum absolute atomic E-state index is 0.119. The molecule has 3 aromatic heterocycles. The van der Waals surface area contributed by atoms with Gasteiger partial charge in [-0.2, -0.15) is 0 Å². The molecule has 0 N–H and O–H groups in total. The maximum Gasteiger partial charge on any atom is 0.276 e. The Bertz CT molecular complexity index is 1100. The van der Waals surface area contributed by atoms with Gasteiger partial charge in [0.05, 0.1) is 6.04 Å². The van der Waals surface area contributed by atoms with Gasteiger partial charge in [-0.25, -0.2) is 0 Å². The van der Waals surface area contributed by atoms with Crippen LogP contribution in [0.25, 0.3) is 17.0 Å². The number of nitrogens with zero attached hydrogens (tertiary/aromatic N) is 5. The molecule has 4 aromatic rings. The molecule has 0 saturated carbocycles. The molecule has 4 heterocycles. The third-order valence-electron chi connectivity index (χ3n) is 4.94. The Kier molecular flexibility index (Phi) is 3.71. The molecule has 1 aromatic carbocycles. The third-order valence-corrected chi connectivity index (χ3v) is 4.94. The van der Waals surface area contributed by atoms with Crippen LogP contribution in [0.15, 0.2) is 65.3 Å². The average molecular weight is 359 g/mol. The lowest BCUT2D eigenvalue weighted by Gasteiger charge is -2.22. The van der Waals surface area contributed by atoms with Gasteiger partial charge in [0.15, 0.2) is 22.9 Å². The summed E-state index contributed by atoms with van der Waals surface area (Å²) < 4.78 is 7.34. The fourth-order valence-electron chi connectivity index (χ4n) is 3.63. The number of hydrogen-bond donors (Lipinski definition) is 0. The molecule has 0 aliphatic carbocycles. The predicted molar refractivity (Wildman–Crippen MR) is 97.9 cm³/mol. The predicted octanol–water partition coefficient (Wildman–Crippen LogP) is 3.36. The Hall–Kier alpha value is -3.48. The number of carbonyl (C=O) groups excluding carboxylic acids is 1. The van der Waals surface area contributed by atoms with E-state index in [9.17, 15) is 4.79 Å². The Balaban J connectivity index is 1.45. The van der Waals surface area contributed by atoms with Crippen LogP contribution >= 0.6 is 0 Å². The quantitative estimate of drug-likeness (QED) is 0.561. The summed E-state index contributed by atoms with van der Waals surface area (Å²) in [7, 11) is 0. The Morgan fingerprint density at radius 1 is 1.07 bits per heavy atom. The molecule has 0 radical (unpaired) electrons. The van der Waals surface area contributed by atoms with Crippen LogP contribution in [0.2, 0.25) is 0 Å². The van der Waals surface area contributed by atoms with Crippen molar-refractivity contribution in [2.45, 2.75) is 18.9 Å². The van der Waals surface area contributed by atoms with Gasteiger partial charge in [-0.3, -0.25) is 9.20 Å². The first-order valence-corrected chi connectivity index (χ1v) is 8.94. The van der Waals surface area contributed by atoms with Crippen molar-refractivity contribution in [2.24, 2.45) is 0 Å². The van der Waals surface area contributed by atoms with Gasteiger partial charge in [-0.1, -0.05) is 41.6 Å². The summed E-state index contributed by atoms with van der Waals surface area (Å²) in [5, 5.41) is 12.6. The summed E-state index contributed by atoms with van der Waals surface area (Å²) in [6.07, 6.45) is 3.70. The van der Waals surface area contributed by atoms with Crippen molar-refractivity contribution in [3.8, 4) is 11.3 Å². The molecule has 7 nitrogen and oxygen atoms in total. The van der Waals surface area contributed by atoms with Crippen LogP contribution in [0, 0.1) is 0 Å². The number of carbonyl (C=O) groups is 1. The van der Waals surface area contributed by atoms with E-state index in [4.69, 9.17) is 4.52 Å². The molecule has 1 saturated heterocycles. The van der Waals surface area contributed by atoms with E-state index in [1.807, 2.05) is 64.0 Å². The number of likely N-dealkylation sites (tertiary alicyclic amines) is 1. The lowest BCUT2D eigenvalue weighted by Crippen LogP contribution is -2.31. The van der Waals surface area contributed by atoms with Crippen molar-refractivity contribution in [3.05, 3.63) is 72.3 Å². The minimum Gasteiger partial charge on any atom is -0.355 e. The topological polar surface area (TPSA) is 76.5 Å². The number of benzene rings is 1. The highest BCUT2D eigenvalue weighted by Crippen LogP contribution is 2.32. The van der Waals surface area contributed by atoms with Crippen molar-refractivity contribution in [3.63, 3.8) is 0 Å². The molecule has 0 unspecified atom stereocenters. The second kappa shape index (κ2) is 6.35.